The molecule has 1 unspecified atom stereocenters. The summed E-state index contributed by atoms with van der Waals surface area (Å²) >= 11 is 9.90. The Kier molecular flexibility index (Phi) is 5.67. The van der Waals surface area contributed by atoms with E-state index in [0.29, 0.717) is 11.8 Å². The molecular weight excluding hydrogens is 336 g/mol. The maximum Gasteiger partial charge on any atom is 0.0766 e. The molecule has 0 aliphatic rings. The Bertz CT molecular complexity index is 551. The van der Waals surface area contributed by atoms with Gasteiger partial charge in [-0.2, -0.15) is 5.10 Å². The van der Waals surface area contributed by atoms with Crippen LogP contribution in [0.1, 0.15) is 36.7 Å². The number of rotatable bonds is 6. The van der Waals surface area contributed by atoms with Gasteiger partial charge in [-0.1, -0.05) is 37.3 Å². The fraction of sp³-hybridized carbons (Fsp3) is 0.438. The number of nitrogens with zero attached hydrogens (tertiary/aromatic N) is 2. The van der Waals surface area contributed by atoms with E-state index in [2.05, 4.69) is 63.8 Å². The molecule has 4 heteroatoms. The van der Waals surface area contributed by atoms with Crippen LogP contribution in [0, 0.1) is 0 Å². The molecule has 0 saturated heterocycles. The van der Waals surface area contributed by atoms with Crippen LogP contribution in [0.2, 0.25) is 0 Å². The standard InChI is InChI=1S/C16H20BrClN2/c1-3-14-16(17)15(20(4-2)19-14)10-13(11-18)12-8-6-5-7-9-12/h5-9,13H,3-4,10-11H2,1-2H3. The van der Waals surface area contributed by atoms with Crippen LogP contribution in [0.25, 0.3) is 0 Å². The van der Waals surface area contributed by atoms with E-state index in [4.69, 9.17) is 11.6 Å². The third-order valence-electron chi connectivity index (χ3n) is 3.59. The monoisotopic (exact) mass is 354 g/mol. The van der Waals surface area contributed by atoms with Crippen LogP contribution in [-0.4, -0.2) is 15.7 Å². The third-order valence-corrected chi connectivity index (χ3v) is 4.88. The van der Waals surface area contributed by atoms with Gasteiger partial charge in [-0.25, -0.2) is 0 Å². The summed E-state index contributed by atoms with van der Waals surface area (Å²) < 4.78 is 3.23. The van der Waals surface area contributed by atoms with Crippen molar-refractivity contribution in [2.24, 2.45) is 0 Å². The van der Waals surface area contributed by atoms with Gasteiger partial charge in [-0.05, 0) is 41.3 Å². The normalized spacial score (nSPS) is 12.6. The van der Waals surface area contributed by atoms with Gasteiger partial charge in [0, 0.05) is 18.3 Å². The van der Waals surface area contributed by atoms with Gasteiger partial charge in [0.1, 0.15) is 0 Å². The first-order valence-corrected chi connectivity index (χ1v) is 8.38. The molecule has 0 amide bonds. The predicted molar refractivity (Wildman–Crippen MR) is 88.6 cm³/mol. The summed E-state index contributed by atoms with van der Waals surface area (Å²) in [6, 6.07) is 10.5. The molecule has 20 heavy (non-hydrogen) atoms. The quantitative estimate of drug-likeness (QED) is 0.681. The van der Waals surface area contributed by atoms with Crippen molar-refractivity contribution < 1.29 is 0 Å². The van der Waals surface area contributed by atoms with Crippen LogP contribution in [0.15, 0.2) is 34.8 Å². The van der Waals surface area contributed by atoms with Gasteiger partial charge in [0.05, 0.1) is 15.9 Å². The zero-order valence-corrected chi connectivity index (χ0v) is 14.3. The Morgan fingerprint density at radius 3 is 2.50 bits per heavy atom. The van der Waals surface area contributed by atoms with Crippen molar-refractivity contribution in [1.82, 2.24) is 9.78 Å². The van der Waals surface area contributed by atoms with E-state index < -0.39 is 0 Å². The molecule has 0 saturated carbocycles. The molecular formula is C16H20BrClN2. The summed E-state index contributed by atoms with van der Waals surface area (Å²) in [6.07, 6.45) is 1.85. The van der Waals surface area contributed by atoms with Crippen LogP contribution < -0.4 is 0 Å². The smallest absolute Gasteiger partial charge is 0.0766 e. The molecule has 1 heterocycles. The Balaban J connectivity index is 2.30. The highest BCUT2D eigenvalue weighted by Crippen LogP contribution is 2.29. The van der Waals surface area contributed by atoms with Crippen molar-refractivity contribution in [2.75, 3.05) is 5.88 Å². The minimum atomic E-state index is 0.320. The van der Waals surface area contributed by atoms with Crippen molar-refractivity contribution in [3.8, 4) is 0 Å². The zero-order chi connectivity index (χ0) is 14.5. The van der Waals surface area contributed by atoms with E-state index >= 15 is 0 Å². The Morgan fingerprint density at radius 2 is 1.95 bits per heavy atom. The first kappa shape index (κ1) is 15.6. The van der Waals surface area contributed by atoms with Crippen LogP contribution in [0.3, 0.4) is 0 Å². The molecule has 0 aliphatic heterocycles. The Labute approximate surface area is 134 Å². The summed E-state index contributed by atoms with van der Waals surface area (Å²) in [5.74, 6) is 0.938. The summed E-state index contributed by atoms with van der Waals surface area (Å²) in [5, 5.41) is 4.65. The summed E-state index contributed by atoms with van der Waals surface area (Å²) in [4.78, 5) is 0. The van der Waals surface area contributed by atoms with E-state index in [0.717, 1.165) is 29.6 Å². The van der Waals surface area contributed by atoms with Gasteiger partial charge in [-0.15, -0.1) is 11.6 Å². The fourth-order valence-corrected chi connectivity index (χ4v) is 3.45. The second-order valence-electron chi connectivity index (χ2n) is 4.84. The molecule has 0 fully saturated rings. The average molecular weight is 356 g/mol. The summed E-state index contributed by atoms with van der Waals surface area (Å²) in [5.41, 5.74) is 3.67. The largest absolute Gasteiger partial charge is 0.268 e. The second kappa shape index (κ2) is 7.28. The number of aromatic nitrogens is 2. The average Bonchev–Trinajstić information content (AvgIpc) is 2.81. The molecule has 2 nitrogen and oxygen atoms in total. The van der Waals surface area contributed by atoms with Crippen molar-refractivity contribution in [3.63, 3.8) is 0 Å². The summed E-state index contributed by atoms with van der Waals surface area (Å²) in [7, 11) is 0. The van der Waals surface area contributed by atoms with Crippen LogP contribution in [0.5, 0.6) is 0 Å². The number of hydrogen-bond donors (Lipinski definition) is 0. The first-order chi connectivity index (χ1) is 9.71. The minimum Gasteiger partial charge on any atom is -0.268 e. The molecule has 2 rings (SSSR count). The minimum absolute atomic E-state index is 0.320. The van der Waals surface area contributed by atoms with E-state index in [1.165, 1.54) is 11.3 Å². The number of benzene rings is 1. The van der Waals surface area contributed by atoms with Gasteiger partial charge >= 0.3 is 0 Å². The third kappa shape index (κ3) is 3.26. The number of halogens is 2. The van der Waals surface area contributed by atoms with Gasteiger partial charge in [0.2, 0.25) is 0 Å². The molecule has 0 aliphatic carbocycles. The lowest BCUT2D eigenvalue weighted by Gasteiger charge is -2.15. The van der Waals surface area contributed by atoms with E-state index in [-0.39, 0.29) is 0 Å². The second-order valence-corrected chi connectivity index (χ2v) is 5.94. The molecule has 0 bridgehead atoms. The number of alkyl halides is 1. The SMILES string of the molecule is CCc1nn(CC)c(CC(CCl)c2ccccc2)c1Br. The molecule has 1 aromatic carbocycles. The topological polar surface area (TPSA) is 17.8 Å². The number of hydrogen-bond acceptors (Lipinski definition) is 1. The van der Waals surface area contributed by atoms with Gasteiger partial charge in [0.25, 0.3) is 0 Å². The molecule has 108 valence electrons. The molecule has 0 radical (unpaired) electrons. The van der Waals surface area contributed by atoms with Crippen LogP contribution >= 0.6 is 27.5 Å². The molecule has 0 N–H and O–H groups in total. The Morgan fingerprint density at radius 1 is 1.25 bits per heavy atom. The number of aryl methyl sites for hydroxylation is 2. The fourth-order valence-electron chi connectivity index (χ4n) is 2.43. The van der Waals surface area contributed by atoms with Crippen molar-refractivity contribution >= 4 is 27.5 Å². The van der Waals surface area contributed by atoms with Crippen LogP contribution in [-0.2, 0) is 19.4 Å². The summed E-state index contributed by atoms with van der Waals surface area (Å²) in [6.45, 7) is 5.14. The van der Waals surface area contributed by atoms with Gasteiger partial charge in [-0.3, -0.25) is 4.68 Å². The predicted octanol–water partition coefficient (Wildman–Crippen LogP) is 4.79. The van der Waals surface area contributed by atoms with E-state index in [1.54, 1.807) is 0 Å². The maximum absolute atomic E-state index is 6.20. The maximum atomic E-state index is 6.20. The lowest BCUT2D eigenvalue weighted by molar-refractivity contribution is 0.592. The highest BCUT2D eigenvalue weighted by molar-refractivity contribution is 9.10. The van der Waals surface area contributed by atoms with Gasteiger partial charge in [0.15, 0.2) is 0 Å². The van der Waals surface area contributed by atoms with Crippen LogP contribution in [0.4, 0.5) is 0 Å². The van der Waals surface area contributed by atoms with Crippen molar-refractivity contribution in [1.29, 1.82) is 0 Å². The lowest BCUT2D eigenvalue weighted by atomic mass is 9.96. The van der Waals surface area contributed by atoms with E-state index in [9.17, 15) is 0 Å². The van der Waals surface area contributed by atoms with Crippen molar-refractivity contribution in [3.05, 3.63) is 51.8 Å². The lowest BCUT2D eigenvalue weighted by Crippen LogP contribution is -2.10. The molecule has 2 aromatic rings. The van der Waals surface area contributed by atoms with Gasteiger partial charge < -0.3 is 0 Å². The zero-order valence-electron chi connectivity index (χ0n) is 11.9. The Hall–Kier alpha value is -0.800. The highest BCUT2D eigenvalue weighted by Gasteiger charge is 2.19. The molecule has 1 aromatic heterocycles. The van der Waals surface area contributed by atoms with E-state index in [1.807, 2.05) is 6.07 Å². The molecule has 1 atom stereocenters. The van der Waals surface area contributed by atoms with Crippen molar-refractivity contribution in [2.45, 2.75) is 39.2 Å². The first-order valence-electron chi connectivity index (χ1n) is 7.06. The molecule has 0 spiro atoms. The highest BCUT2D eigenvalue weighted by atomic mass is 79.9.